The normalized spacial score (nSPS) is 14.6. The fourth-order valence-corrected chi connectivity index (χ4v) is 3.12. The highest BCUT2D eigenvalue weighted by atomic mass is 32.1. The van der Waals surface area contributed by atoms with Gasteiger partial charge >= 0.3 is 0 Å². The molecule has 2 aromatic heterocycles. The molecule has 0 spiro atoms. The molecule has 0 aliphatic carbocycles. The van der Waals surface area contributed by atoms with Gasteiger partial charge < -0.3 is 10.4 Å². The van der Waals surface area contributed by atoms with Gasteiger partial charge in [0.25, 0.3) is 0 Å². The third-order valence-corrected chi connectivity index (χ3v) is 4.54. The molecule has 0 aromatic carbocycles. The fraction of sp³-hybridized carbons (Fsp3) is 0.462. The first-order chi connectivity index (χ1) is 8.65. The first-order valence-corrected chi connectivity index (χ1v) is 7.77. The monoisotopic (exact) mass is 282 g/mol. The average Bonchev–Trinajstić information content (AvgIpc) is 2.97. The van der Waals surface area contributed by atoms with Crippen LogP contribution in [0, 0.1) is 6.92 Å². The Kier molecular flexibility index (Phi) is 4.88. The van der Waals surface area contributed by atoms with E-state index in [1.54, 1.807) is 22.7 Å². The van der Waals surface area contributed by atoms with E-state index < -0.39 is 0 Å². The minimum Gasteiger partial charge on any atom is -0.388 e. The van der Waals surface area contributed by atoms with Crippen LogP contribution in [0.2, 0.25) is 0 Å². The number of aryl methyl sites for hydroxylation is 1. The van der Waals surface area contributed by atoms with Crippen LogP contribution in [-0.2, 0) is 6.54 Å². The molecular weight excluding hydrogens is 264 g/mol. The number of thiazole rings is 1. The number of aromatic nitrogens is 1. The van der Waals surface area contributed by atoms with E-state index in [1.165, 1.54) is 0 Å². The lowest BCUT2D eigenvalue weighted by Crippen LogP contribution is -2.27. The highest BCUT2D eigenvalue weighted by Crippen LogP contribution is 2.22. The van der Waals surface area contributed by atoms with Crippen LogP contribution in [0.3, 0.4) is 0 Å². The zero-order chi connectivity index (χ0) is 13.0. The second-order valence-corrected chi connectivity index (χ2v) is 6.45. The molecule has 5 heteroatoms. The summed E-state index contributed by atoms with van der Waals surface area (Å²) < 4.78 is 0. The van der Waals surface area contributed by atoms with Crippen molar-refractivity contribution < 1.29 is 5.11 Å². The number of nitrogens with zero attached hydrogens (tertiary/aromatic N) is 1. The lowest BCUT2D eigenvalue weighted by Gasteiger charge is -2.16. The Morgan fingerprint density at radius 1 is 1.44 bits per heavy atom. The van der Waals surface area contributed by atoms with E-state index in [2.05, 4.69) is 22.6 Å². The van der Waals surface area contributed by atoms with Crippen LogP contribution in [-0.4, -0.2) is 16.1 Å². The topological polar surface area (TPSA) is 45.2 Å². The molecule has 2 rings (SSSR count). The van der Waals surface area contributed by atoms with E-state index >= 15 is 0 Å². The van der Waals surface area contributed by atoms with E-state index in [1.807, 2.05) is 24.4 Å². The first-order valence-electron chi connectivity index (χ1n) is 6.01. The van der Waals surface area contributed by atoms with Crippen LogP contribution in [0.5, 0.6) is 0 Å². The number of aliphatic hydroxyl groups excluding tert-OH is 1. The molecule has 2 aromatic rings. The summed E-state index contributed by atoms with van der Waals surface area (Å²) in [4.78, 5) is 5.44. The van der Waals surface area contributed by atoms with Gasteiger partial charge in [0.15, 0.2) is 0 Å². The maximum Gasteiger partial charge on any atom is 0.0897 e. The van der Waals surface area contributed by atoms with E-state index in [0.717, 1.165) is 28.5 Å². The number of hydrogen-bond acceptors (Lipinski definition) is 5. The number of thiophene rings is 1. The van der Waals surface area contributed by atoms with Crippen molar-refractivity contribution in [2.45, 2.75) is 39.0 Å². The van der Waals surface area contributed by atoms with Gasteiger partial charge in [-0.3, -0.25) is 0 Å². The molecule has 0 fully saturated rings. The number of rotatable bonds is 6. The summed E-state index contributed by atoms with van der Waals surface area (Å²) in [5.41, 5.74) is 1.08. The van der Waals surface area contributed by atoms with Crippen LogP contribution in [0.25, 0.3) is 0 Å². The second-order valence-electron chi connectivity index (χ2n) is 4.41. The van der Waals surface area contributed by atoms with Gasteiger partial charge in [0.1, 0.15) is 0 Å². The Balaban J connectivity index is 1.76. The van der Waals surface area contributed by atoms with Gasteiger partial charge in [0.05, 0.1) is 16.8 Å². The fourth-order valence-electron chi connectivity index (χ4n) is 1.78. The Morgan fingerprint density at radius 3 is 2.89 bits per heavy atom. The third kappa shape index (κ3) is 3.88. The number of aliphatic hydroxyl groups is 1. The summed E-state index contributed by atoms with van der Waals surface area (Å²) in [7, 11) is 0. The van der Waals surface area contributed by atoms with Crippen molar-refractivity contribution in [3.05, 3.63) is 38.5 Å². The standard InChI is InChI=1S/C13H18N2OS2/c1-9(6-12(16)13-4-3-5-17-13)14-7-11-8-18-10(2)15-11/h3-5,8-9,12,14,16H,6-7H2,1-2H3/t9-,12-/m0/s1. The molecule has 0 saturated heterocycles. The molecule has 2 atom stereocenters. The zero-order valence-corrected chi connectivity index (χ0v) is 12.2. The molecule has 0 bridgehead atoms. The zero-order valence-electron chi connectivity index (χ0n) is 10.6. The Morgan fingerprint density at radius 2 is 2.28 bits per heavy atom. The van der Waals surface area contributed by atoms with Gasteiger partial charge in [0, 0.05) is 22.8 Å². The molecule has 0 aliphatic rings. The van der Waals surface area contributed by atoms with Crippen LogP contribution in [0.1, 0.15) is 35.0 Å². The van der Waals surface area contributed by atoms with E-state index in [9.17, 15) is 5.11 Å². The molecule has 18 heavy (non-hydrogen) atoms. The van der Waals surface area contributed by atoms with Crippen LogP contribution in [0.15, 0.2) is 22.9 Å². The second kappa shape index (κ2) is 6.43. The minimum atomic E-state index is -0.371. The summed E-state index contributed by atoms with van der Waals surface area (Å²) in [6.07, 6.45) is 0.355. The molecule has 2 heterocycles. The Hall–Kier alpha value is -0.750. The van der Waals surface area contributed by atoms with E-state index in [4.69, 9.17) is 0 Å². The maximum atomic E-state index is 10.0. The maximum absolute atomic E-state index is 10.0. The highest BCUT2D eigenvalue weighted by Gasteiger charge is 2.13. The molecule has 0 saturated carbocycles. The summed E-state index contributed by atoms with van der Waals surface area (Å²) in [5, 5.41) is 18.6. The highest BCUT2D eigenvalue weighted by molar-refractivity contribution is 7.10. The summed E-state index contributed by atoms with van der Waals surface area (Å²) >= 11 is 3.27. The Labute approximate surface area is 116 Å². The van der Waals surface area contributed by atoms with Gasteiger partial charge in [-0.25, -0.2) is 4.98 Å². The summed E-state index contributed by atoms with van der Waals surface area (Å²) in [6, 6.07) is 4.22. The largest absolute Gasteiger partial charge is 0.388 e. The molecular formula is C13H18N2OS2. The summed E-state index contributed by atoms with van der Waals surface area (Å²) in [5.74, 6) is 0. The number of nitrogens with one attached hydrogen (secondary N) is 1. The molecule has 0 aliphatic heterocycles. The van der Waals surface area contributed by atoms with Gasteiger partial charge in [-0.15, -0.1) is 22.7 Å². The van der Waals surface area contributed by atoms with Gasteiger partial charge in [-0.1, -0.05) is 6.07 Å². The van der Waals surface area contributed by atoms with Crippen molar-refractivity contribution in [1.82, 2.24) is 10.3 Å². The number of hydrogen-bond donors (Lipinski definition) is 2. The van der Waals surface area contributed by atoms with Gasteiger partial charge in [0.2, 0.25) is 0 Å². The van der Waals surface area contributed by atoms with Gasteiger partial charge in [-0.05, 0) is 31.7 Å². The Bertz CT molecular complexity index is 467. The average molecular weight is 282 g/mol. The van der Waals surface area contributed by atoms with Crippen LogP contribution in [0.4, 0.5) is 0 Å². The van der Waals surface area contributed by atoms with Gasteiger partial charge in [-0.2, -0.15) is 0 Å². The van der Waals surface area contributed by atoms with Crippen molar-refractivity contribution in [2.75, 3.05) is 0 Å². The molecule has 0 amide bonds. The van der Waals surface area contributed by atoms with Crippen molar-refractivity contribution in [3.63, 3.8) is 0 Å². The van der Waals surface area contributed by atoms with Crippen LogP contribution < -0.4 is 5.32 Å². The quantitative estimate of drug-likeness (QED) is 0.855. The van der Waals surface area contributed by atoms with Crippen molar-refractivity contribution in [1.29, 1.82) is 0 Å². The lowest BCUT2D eigenvalue weighted by atomic mass is 10.1. The van der Waals surface area contributed by atoms with Crippen molar-refractivity contribution >= 4 is 22.7 Å². The van der Waals surface area contributed by atoms with Crippen LogP contribution >= 0.6 is 22.7 Å². The van der Waals surface area contributed by atoms with E-state index in [-0.39, 0.29) is 12.1 Å². The minimum absolute atomic E-state index is 0.268. The molecule has 2 N–H and O–H groups in total. The predicted molar refractivity (Wildman–Crippen MR) is 77.0 cm³/mol. The predicted octanol–water partition coefficient (Wildman–Crippen LogP) is 3.11. The summed E-state index contributed by atoms with van der Waals surface area (Å²) in [6.45, 7) is 4.87. The van der Waals surface area contributed by atoms with Crippen molar-refractivity contribution in [3.8, 4) is 0 Å². The molecule has 98 valence electrons. The molecule has 0 unspecified atom stereocenters. The first kappa shape index (κ1) is 13.7. The third-order valence-electron chi connectivity index (χ3n) is 2.75. The SMILES string of the molecule is Cc1nc(CN[C@@H](C)C[C@H](O)c2cccs2)cs1. The molecule has 0 radical (unpaired) electrons. The molecule has 3 nitrogen and oxygen atoms in total. The van der Waals surface area contributed by atoms with Crippen molar-refractivity contribution in [2.24, 2.45) is 0 Å². The lowest BCUT2D eigenvalue weighted by molar-refractivity contribution is 0.157. The smallest absolute Gasteiger partial charge is 0.0897 e. The van der Waals surface area contributed by atoms with E-state index in [0.29, 0.717) is 0 Å².